The number of ether oxygens (including phenoxy) is 2. The van der Waals surface area contributed by atoms with Gasteiger partial charge in [0.25, 0.3) is 11.8 Å². The fourth-order valence-corrected chi connectivity index (χ4v) is 2.58. The van der Waals surface area contributed by atoms with E-state index in [-0.39, 0.29) is 12.5 Å². The Morgan fingerprint density at radius 3 is 2.32 bits per heavy atom. The first-order chi connectivity index (χ1) is 13.4. The summed E-state index contributed by atoms with van der Waals surface area (Å²) >= 11 is 0. The predicted octanol–water partition coefficient (Wildman–Crippen LogP) is 3.50. The summed E-state index contributed by atoms with van der Waals surface area (Å²) in [5.74, 6) is 0.681. The summed E-state index contributed by atoms with van der Waals surface area (Å²) in [6.07, 6.45) is -0.237. The molecule has 28 heavy (non-hydrogen) atoms. The van der Waals surface area contributed by atoms with Crippen molar-refractivity contribution in [1.29, 1.82) is 0 Å². The van der Waals surface area contributed by atoms with Crippen molar-refractivity contribution in [3.63, 3.8) is 0 Å². The molecule has 2 N–H and O–H groups in total. The molecule has 2 amide bonds. The highest BCUT2D eigenvalue weighted by Crippen LogP contribution is 2.25. The van der Waals surface area contributed by atoms with Crippen LogP contribution in [0.25, 0.3) is 0 Å². The van der Waals surface area contributed by atoms with E-state index >= 15 is 0 Å². The number of carbonyl (C=O) groups excluding carboxylic acids is 2. The van der Waals surface area contributed by atoms with Gasteiger partial charge in [0.05, 0.1) is 0 Å². The van der Waals surface area contributed by atoms with Crippen molar-refractivity contribution >= 4 is 11.8 Å². The molecule has 0 aliphatic rings. The first kappa shape index (κ1) is 21.3. The van der Waals surface area contributed by atoms with Crippen LogP contribution in [-0.2, 0) is 9.59 Å². The largest absolute Gasteiger partial charge is 0.483 e. The van der Waals surface area contributed by atoms with Gasteiger partial charge in [0.15, 0.2) is 12.7 Å². The van der Waals surface area contributed by atoms with Crippen LogP contribution in [0.5, 0.6) is 11.5 Å². The van der Waals surface area contributed by atoms with Gasteiger partial charge in [-0.2, -0.15) is 0 Å². The van der Waals surface area contributed by atoms with Crippen molar-refractivity contribution < 1.29 is 19.1 Å². The number of hydrogen-bond donors (Lipinski definition) is 2. The second kappa shape index (κ2) is 10.3. The zero-order valence-corrected chi connectivity index (χ0v) is 16.8. The van der Waals surface area contributed by atoms with Gasteiger partial charge in [-0.05, 0) is 43.0 Å². The number of rotatable bonds is 8. The maximum Gasteiger partial charge on any atom is 0.279 e. The number of benzene rings is 2. The Hall–Kier alpha value is -3.02. The second-order valence-electron chi connectivity index (χ2n) is 6.85. The van der Waals surface area contributed by atoms with Gasteiger partial charge in [0.2, 0.25) is 0 Å². The normalized spacial score (nSPS) is 11.6. The topological polar surface area (TPSA) is 76.7 Å². The van der Waals surface area contributed by atoms with E-state index < -0.39 is 17.9 Å². The van der Waals surface area contributed by atoms with Gasteiger partial charge >= 0.3 is 0 Å². The van der Waals surface area contributed by atoms with Crippen LogP contribution in [0.2, 0.25) is 0 Å². The lowest BCUT2D eigenvalue weighted by Crippen LogP contribution is -2.49. The molecule has 0 spiro atoms. The SMILES string of the molecule is CC[C@H](Oc1ccc(C)cc1)C(=O)NNC(=O)COc1ccccc1C(C)C. The van der Waals surface area contributed by atoms with Crippen LogP contribution in [0.15, 0.2) is 48.5 Å². The highest BCUT2D eigenvalue weighted by molar-refractivity contribution is 5.85. The molecule has 6 heteroatoms. The summed E-state index contributed by atoms with van der Waals surface area (Å²) < 4.78 is 11.3. The number of hydrogen-bond acceptors (Lipinski definition) is 4. The Kier molecular flexibility index (Phi) is 7.87. The van der Waals surface area contributed by atoms with E-state index in [1.54, 1.807) is 0 Å². The molecule has 2 rings (SSSR count). The number of para-hydroxylation sites is 1. The summed E-state index contributed by atoms with van der Waals surface area (Å²) in [5, 5.41) is 0. The monoisotopic (exact) mass is 384 g/mol. The van der Waals surface area contributed by atoms with E-state index in [0.29, 0.717) is 17.9 Å². The van der Waals surface area contributed by atoms with Gasteiger partial charge in [0, 0.05) is 0 Å². The van der Waals surface area contributed by atoms with Crippen LogP contribution >= 0.6 is 0 Å². The third kappa shape index (κ3) is 6.30. The Bertz CT molecular complexity index is 787. The van der Waals surface area contributed by atoms with Crippen LogP contribution in [0.3, 0.4) is 0 Å². The van der Waals surface area contributed by atoms with Crippen LogP contribution < -0.4 is 20.3 Å². The molecular formula is C22H28N2O4. The van der Waals surface area contributed by atoms with E-state index in [0.717, 1.165) is 11.1 Å². The van der Waals surface area contributed by atoms with Crippen LogP contribution in [0, 0.1) is 6.92 Å². The lowest BCUT2D eigenvalue weighted by Gasteiger charge is -2.18. The molecule has 0 aliphatic heterocycles. The van der Waals surface area contributed by atoms with Crippen LogP contribution in [0.1, 0.15) is 44.2 Å². The van der Waals surface area contributed by atoms with Gasteiger partial charge in [-0.3, -0.25) is 20.4 Å². The minimum absolute atomic E-state index is 0.195. The molecule has 0 fully saturated rings. The minimum Gasteiger partial charge on any atom is -0.483 e. The van der Waals surface area contributed by atoms with Crippen LogP contribution in [-0.4, -0.2) is 24.5 Å². The molecule has 6 nitrogen and oxygen atoms in total. The zero-order chi connectivity index (χ0) is 20.5. The van der Waals surface area contributed by atoms with Crippen molar-refractivity contribution in [2.45, 2.75) is 46.1 Å². The summed E-state index contributed by atoms with van der Waals surface area (Å²) in [7, 11) is 0. The Morgan fingerprint density at radius 1 is 1.00 bits per heavy atom. The fourth-order valence-electron chi connectivity index (χ4n) is 2.58. The number of aryl methyl sites for hydroxylation is 1. The standard InChI is InChI=1S/C22H28N2O4/c1-5-19(28-17-12-10-16(4)11-13-17)22(26)24-23-21(25)14-27-20-9-7-6-8-18(20)15(2)3/h6-13,15,19H,5,14H2,1-4H3,(H,23,25)(H,24,26)/t19-/m0/s1. The van der Waals surface area contributed by atoms with E-state index in [9.17, 15) is 9.59 Å². The van der Waals surface area contributed by atoms with Crippen molar-refractivity contribution in [2.75, 3.05) is 6.61 Å². The Balaban J connectivity index is 1.82. The maximum absolute atomic E-state index is 12.3. The average molecular weight is 384 g/mol. The summed E-state index contributed by atoms with van der Waals surface area (Å²) in [6.45, 7) is 7.74. The molecule has 2 aromatic rings. The van der Waals surface area contributed by atoms with Crippen molar-refractivity contribution in [2.24, 2.45) is 0 Å². The maximum atomic E-state index is 12.3. The molecule has 0 heterocycles. The smallest absolute Gasteiger partial charge is 0.279 e. The number of hydrazine groups is 1. The predicted molar refractivity (Wildman–Crippen MR) is 108 cm³/mol. The molecule has 0 saturated carbocycles. The third-order valence-corrected chi connectivity index (χ3v) is 4.19. The molecule has 150 valence electrons. The molecule has 0 bridgehead atoms. The van der Waals surface area contributed by atoms with Crippen molar-refractivity contribution in [3.8, 4) is 11.5 Å². The fraction of sp³-hybridized carbons (Fsp3) is 0.364. The number of amides is 2. The Morgan fingerprint density at radius 2 is 1.68 bits per heavy atom. The van der Waals surface area contributed by atoms with Gasteiger partial charge in [-0.1, -0.05) is 56.7 Å². The van der Waals surface area contributed by atoms with Gasteiger partial charge in [-0.15, -0.1) is 0 Å². The molecule has 0 saturated heterocycles. The summed E-state index contributed by atoms with van der Waals surface area (Å²) in [5.41, 5.74) is 6.90. The molecule has 0 aromatic heterocycles. The molecule has 2 aromatic carbocycles. The first-order valence-corrected chi connectivity index (χ1v) is 9.44. The Labute approximate surface area is 166 Å². The summed E-state index contributed by atoms with van der Waals surface area (Å²) in [4.78, 5) is 24.3. The molecule has 1 atom stereocenters. The van der Waals surface area contributed by atoms with Gasteiger partial charge < -0.3 is 9.47 Å². The molecule has 0 radical (unpaired) electrons. The molecule has 0 aliphatic carbocycles. The number of nitrogens with one attached hydrogen (secondary N) is 2. The minimum atomic E-state index is -0.703. The second-order valence-corrected chi connectivity index (χ2v) is 6.85. The quantitative estimate of drug-likeness (QED) is 0.683. The summed E-state index contributed by atoms with van der Waals surface area (Å²) in [6, 6.07) is 15.0. The van der Waals surface area contributed by atoms with E-state index in [1.807, 2.05) is 62.4 Å². The average Bonchev–Trinajstić information content (AvgIpc) is 2.70. The lowest BCUT2D eigenvalue weighted by atomic mass is 10.0. The van der Waals surface area contributed by atoms with Crippen molar-refractivity contribution in [3.05, 3.63) is 59.7 Å². The lowest BCUT2D eigenvalue weighted by molar-refractivity contribution is -0.134. The van der Waals surface area contributed by atoms with Gasteiger partial charge in [0.1, 0.15) is 11.5 Å². The molecular weight excluding hydrogens is 356 g/mol. The number of carbonyl (C=O) groups is 2. The highest BCUT2D eigenvalue weighted by atomic mass is 16.5. The van der Waals surface area contributed by atoms with Gasteiger partial charge in [-0.25, -0.2) is 0 Å². The molecule has 0 unspecified atom stereocenters. The van der Waals surface area contributed by atoms with E-state index in [2.05, 4.69) is 24.7 Å². The van der Waals surface area contributed by atoms with E-state index in [4.69, 9.17) is 9.47 Å². The highest BCUT2D eigenvalue weighted by Gasteiger charge is 2.19. The third-order valence-electron chi connectivity index (χ3n) is 4.19. The van der Waals surface area contributed by atoms with Crippen LogP contribution in [0.4, 0.5) is 0 Å². The van der Waals surface area contributed by atoms with E-state index in [1.165, 1.54) is 0 Å². The van der Waals surface area contributed by atoms with Crippen molar-refractivity contribution in [1.82, 2.24) is 10.9 Å². The first-order valence-electron chi connectivity index (χ1n) is 9.44. The zero-order valence-electron chi connectivity index (χ0n) is 16.8.